The monoisotopic (exact) mass is 663 g/mol. The van der Waals surface area contributed by atoms with Crippen molar-refractivity contribution in [2.75, 3.05) is 20.6 Å². The van der Waals surface area contributed by atoms with Crippen LogP contribution in [0.5, 0.6) is 0 Å². The highest BCUT2D eigenvalue weighted by molar-refractivity contribution is 7.10. The van der Waals surface area contributed by atoms with Crippen LogP contribution in [0.15, 0.2) is 47.4 Å². The summed E-state index contributed by atoms with van der Waals surface area (Å²) in [6.07, 6.45) is 5.51. The van der Waals surface area contributed by atoms with Gasteiger partial charge in [0.2, 0.25) is 11.8 Å². The predicted octanol–water partition coefficient (Wildman–Crippen LogP) is 4.36. The van der Waals surface area contributed by atoms with Crippen molar-refractivity contribution < 1.29 is 24.3 Å². The second-order valence-corrected chi connectivity index (χ2v) is 13.6. The molecule has 1 saturated heterocycles. The molecule has 3 N–H and O–H groups in total. The van der Waals surface area contributed by atoms with Crippen LogP contribution in [0.2, 0.25) is 0 Å². The van der Waals surface area contributed by atoms with Crippen LogP contribution in [0.25, 0.3) is 0 Å². The van der Waals surface area contributed by atoms with Crippen molar-refractivity contribution in [3.63, 3.8) is 0 Å². The Bertz CT molecular complexity index is 1480. The summed E-state index contributed by atoms with van der Waals surface area (Å²) in [5, 5.41) is 17.4. The average molecular weight is 664 g/mol. The minimum Gasteiger partial charge on any atom is -0.478 e. The Hall–Kier alpha value is -4.01. The van der Waals surface area contributed by atoms with E-state index < -0.39 is 30.0 Å². The van der Waals surface area contributed by atoms with Crippen LogP contribution < -0.4 is 10.6 Å². The molecule has 0 radical (unpaired) electrons. The Morgan fingerprint density at radius 2 is 1.85 bits per heavy atom. The number of nitrogens with one attached hydrogen (secondary N) is 2. The quantitative estimate of drug-likeness (QED) is 0.214. The van der Waals surface area contributed by atoms with Crippen LogP contribution in [0.3, 0.4) is 0 Å². The van der Waals surface area contributed by atoms with Gasteiger partial charge in [0, 0.05) is 18.0 Å². The average Bonchev–Trinajstić information content (AvgIpc) is 3.52. The molecule has 3 amide bonds. The van der Waals surface area contributed by atoms with Gasteiger partial charge in [-0.1, -0.05) is 82.9 Å². The number of rotatable bonds is 13. The van der Waals surface area contributed by atoms with Crippen LogP contribution in [0, 0.1) is 23.7 Å². The highest BCUT2D eigenvalue weighted by Crippen LogP contribution is 2.19. The molecule has 0 aliphatic carbocycles. The maximum atomic E-state index is 13.9. The molecule has 0 saturated carbocycles. The van der Waals surface area contributed by atoms with Crippen molar-refractivity contribution in [3.05, 3.63) is 63.6 Å². The Morgan fingerprint density at radius 1 is 1.15 bits per heavy atom. The van der Waals surface area contributed by atoms with E-state index in [2.05, 4.69) is 32.4 Å². The van der Waals surface area contributed by atoms with Gasteiger partial charge in [-0.05, 0) is 63.1 Å². The second kappa shape index (κ2) is 17.8. The number of hydrogen-bond acceptors (Lipinski definition) is 7. The maximum absolute atomic E-state index is 13.9. The number of likely N-dealkylation sites (tertiary alicyclic amines) is 1. The lowest BCUT2D eigenvalue weighted by Crippen LogP contribution is -2.57. The lowest BCUT2D eigenvalue weighted by Gasteiger charge is -2.36. The molecule has 47 heavy (non-hydrogen) atoms. The number of carboxylic acid groups (broad SMARTS) is 1. The van der Waals surface area contributed by atoms with Crippen LogP contribution in [-0.4, -0.2) is 88.4 Å². The lowest BCUT2D eigenvalue weighted by molar-refractivity contribution is -0.139. The summed E-state index contributed by atoms with van der Waals surface area (Å²) < 4.78 is 0. The van der Waals surface area contributed by atoms with Gasteiger partial charge >= 0.3 is 5.97 Å². The number of likely N-dealkylation sites (N-methyl/N-ethyl adjacent to an activating group) is 2. The number of piperidine rings is 1. The number of aliphatic carboxylic acids is 1. The van der Waals surface area contributed by atoms with Gasteiger partial charge in [0.05, 0.1) is 18.1 Å². The lowest BCUT2D eigenvalue weighted by atomic mass is 9.94. The third-order valence-electron chi connectivity index (χ3n) is 8.71. The van der Waals surface area contributed by atoms with Crippen LogP contribution in [0.4, 0.5) is 0 Å². The molecule has 2 heterocycles. The number of thiazole rings is 1. The van der Waals surface area contributed by atoms with E-state index >= 15 is 0 Å². The summed E-state index contributed by atoms with van der Waals surface area (Å²) in [5.41, 5.74) is 1.26. The summed E-state index contributed by atoms with van der Waals surface area (Å²) in [5.74, 6) is 4.38. The molecule has 1 fully saturated rings. The first-order valence-electron chi connectivity index (χ1n) is 16.3. The van der Waals surface area contributed by atoms with Crippen molar-refractivity contribution in [3.8, 4) is 11.8 Å². The largest absolute Gasteiger partial charge is 0.478 e. The Labute approximate surface area is 283 Å². The molecule has 0 spiro atoms. The molecule has 1 aliphatic heterocycles. The third-order valence-corrected chi connectivity index (χ3v) is 9.47. The van der Waals surface area contributed by atoms with E-state index in [1.54, 1.807) is 17.3 Å². The van der Waals surface area contributed by atoms with Crippen LogP contribution in [0.1, 0.15) is 81.4 Å². The second-order valence-electron chi connectivity index (χ2n) is 12.7. The predicted molar refractivity (Wildman–Crippen MR) is 185 cm³/mol. The zero-order chi connectivity index (χ0) is 34.7. The van der Waals surface area contributed by atoms with Crippen molar-refractivity contribution in [1.82, 2.24) is 25.4 Å². The van der Waals surface area contributed by atoms with Gasteiger partial charge < -0.3 is 20.6 Å². The standard InChI is InChI=1S/C36H49N5O5S/c1-8-24(4)32(39-34(43)30-16-12-13-19-40(30)6)35(44)41(7)29(23(2)3)17-18-31-38-28(22-47-31)33(42)37-27(20-25(5)36(45)46)21-26-14-10-9-11-15-26/h9-11,14-15,20,22-24,27,29-30,32H,8,12-13,16,19,21H2,1-7H3,(H,37,42)(H,39,43)(H,45,46)/b25-20+/t24-,27+,29+,30+,32-/m0/s1. The van der Waals surface area contributed by atoms with Gasteiger partial charge in [-0.2, -0.15) is 0 Å². The fraction of sp³-hybridized carbons (Fsp3) is 0.528. The molecule has 1 aromatic carbocycles. The molecular formula is C36H49N5O5S. The van der Waals surface area contributed by atoms with E-state index in [1.807, 2.05) is 65.1 Å². The normalized spacial score (nSPS) is 17.9. The highest BCUT2D eigenvalue weighted by atomic mass is 32.1. The summed E-state index contributed by atoms with van der Waals surface area (Å²) in [6.45, 7) is 10.3. The summed E-state index contributed by atoms with van der Waals surface area (Å²) in [7, 11) is 3.67. The van der Waals surface area contributed by atoms with Crippen molar-refractivity contribution in [1.29, 1.82) is 0 Å². The smallest absolute Gasteiger partial charge is 0.331 e. The Morgan fingerprint density at radius 3 is 2.47 bits per heavy atom. The SMILES string of the molecule is CC[C@H](C)[C@H](NC(=O)[C@H]1CCCCN1C)C(=O)N(C)[C@H](C#Cc1nc(C(=O)N[C@H](/C=C(\C)C(=O)O)Cc2ccccc2)cs1)C(C)C. The summed E-state index contributed by atoms with van der Waals surface area (Å²) in [6, 6.07) is 7.58. The molecule has 254 valence electrons. The van der Waals surface area contributed by atoms with Gasteiger partial charge in [0.1, 0.15) is 11.7 Å². The van der Waals surface area contributed by atoms with E-state index in [1.165, 1.54) is 24.3 Å². The molecule has 1 aliphatic rings. The molecule has 11 heteroatoms. The Kier molecular flexibility index (Phi) is 14.2. The highest BCUT2D eigenvalue weighted by Gasteiger charge is 2.35. The molecule has 0 unspecified atom stereocenters. The van der Waals surface area contributed by atoms with Gasteiger partial charge in [-0.25, -0.2) is 9.78 Å². The number of nitrogens with zero attached hydrogens (tertiary/aromatic N) is 3. The maximum Gasteiger partial charge on any atom is 0.331 e. The first-order chi connectivity index (χ1) is 22.3. The molecule has 5 atom stereocenters. The molecule has 0 bridgehead atoms. The molecule has 3 rings (SSSR count). The van der Waals surface area contributed by atoms with Crippen LogP contribution in [-0.2, 0) is 20.8 Å². The zero-order valence-electron chi connectivity index (χ0n) is 28.6. The molecule has 1 aromatic heterocycles. The van der Waals surface area contributed by atoms with E-state index in [0.717, 1.165) is 37.8 Å². The van der Waals surface area contributed by atoms with E-state index in [-0.39, 0.29) is 41.0 Å². The van der Waals surface area contributed by atoms with E-state index in [0.29, 0.717) is 11.4 Å². The first-order valence-corrected chi connectivity index (χ1v) is 17.2. The number of amides is 3. The molecule has 2 aromatic rings. The van der Waals surface area contributed by atoms with Crippen LogP contribution >= 0.6 is 11.3 Å². The number of benzene rings is 1. The van der Waals surface area contributed by atoms with Crippen molar-refractivity contribution in [2.24, 2.45) is 11.8 Å². The Balaban J connectivity index is 1.75. The fourth-order valence-corrected chi connectivity index (χ4v) is 6.26. The molecule has 10 nitrogen and oxygen atoms in total. The van der Waals surface area contributed by atoms with Gasteiger partial charge in [-0.3, -0.25) is 19.3 Å². The minimum atomic E-state index is -1.05. The molecular weight excluding hydrogens is 614 g/mol. The zero-order valence-corrected chi connectivity index (χ0v) is 29.4. The number of aromatic nitrogens is 1. The van der Waals surface area contributed by atoms with Gasteiger partial charge in [0.15, 0.2) is 5.01 Å². The topological polar surface area (TPSA) is 132 Å². The van der Waals surface area contributed by atoms with Gasteiger partial charge in [-0.15, -0.1) is 11.3 Å². The number of carbonyl (C=O) groups is 4. The minimum absolute atomic E-state index is 0.0139. The van der Waals surface area contributed by atoms with E-state index in [9.17, 15) is 24.3 Å². The summed E-state index contributed by atoms with van der Waals surface area (Å²) >= 11 is 1.22. The third kappa shape index (κ3) is 10.8. The fourth-order valence-electron chi connectivity index (χ4n) is 5.61. The number of hydrogen-bond donors (Lipinski definition) is 3. The van der Waals surface area contributed by atoms with Crippen molar-refractivity contribution in [2.45, 2.75) is 90.9 Å². The number of carbonyl (C=O) groups excluding carboxylic acids is 3. The van der Waals surface area contributed by atoms with E-state index in [4.69, 9.17) is 0 Å². The first kappa shape index (κ1) is 37.4. The summed E-state index contributed by atoms with van der Waals surface area (Å²) in [4.78, 5) is 59.9. The number of carboxylic acids is 1. The van der Waals surface area contributed by atoms with Gasteiger partial charge in [0.25, 0.3) is 5.91 Å². The van der Waals surface area contributed by atoms with Crippen molar-refractivity contribution >= 4 is 35.0 Å².